The van der Waals surface area contributed by atoms with E-state index in [0.717, 1.165) is 0 Å². The van der Waals surface area contributed by atoms with Crippen LogP contribution in [0.3, 0.4) is 0 Å². The first-order valence-corrected chi connectivity index (χ1v) is 11.4. The average molecular weight is 450 g/mol. The number of methoxy groups -OCH3 is 1. The minimum absolute atomic E-state index is 0.0152. The summed E-state index contributed by atoms with van der Waals surface area (Å²) in [6.45, 7) is 6.20. The second-order valence-electron chi connectivity index (χ2n) is 8.67. The number of ether oxygens (including phenoxy) is 1. The van der Waals surface area contributed by atoms with E-state index >= 15 is 0 Å². The highest BCUT2D eigenvalue weighted by Gasteiger charge is 2.34. The van der Waals surface area contributed by atoms with E-state index in [9.17, 15) is 14.4 Å². The van der Waals surface area contributed by atoms with Crippen LogP contribution < -0.4 is 10.1 Å². The minimum atomic E-state index is -0.123. The maximum absolute atomic E-state index is 13.0. The van der Waals surface area contributed by atoms with Crippen molar-refractivity contribution in [1.29, 1.82) is 0 Å². The molecule has 8 heteroatoms. The van der Waals surface area contributed by atoms with Gasteiger partial charge in [-0.2, -0.15) is 0 Å². The smallest absolute Gasteiger partial charge is 0.257 e. The van der Waals surface area contributed by atoms with Gasteiger partial charge >= 0.3 is 0 Å². The molecular weight excluding hydrogens is 418 g/mol. The van der Waals surface area contributed by atoms with Crippen molar-refractivity contribution in [3.8, 4) is 5.75 Å². The summed E-state index contributed by atoms with van der Waals surface area (Å²) < 4.78 is 5.30. The summed E-state index contributed by atoms with van der Waals surface area (Å²) in [6, 6.07) is 5.14. The second kappa shape index (κ2) is 10.4. The Morgan fingerprint density at radius 1 is 1.00 bits per heavy atom. The Bertz CT molecular complexity index is 813. The molecule has 0 radical (unpaired) electrons. The third-order valence-electron chi connectivity index (χ3n) is 6.13. The number of likely N-dealkylation sites (tertiary alicyclic amines) is 2. The van der Waals surface area contributed by atoms with Crippen molar-refractivity contribution >= 4 is 29.3 Å². The molecule has 2 heterocycles. The maximum atomic E-state index is 13.0. The van der Waals surface area contributed by atoms with E-state index in [2.05, 4.69) is 5.32 Å². The Kier molecular flexibility index (Phi) is 7.81. The topological polar surface area (TPSA) is 79.0 Å². The number of nitrogens with one attached hydrogen (secondary N) is 1. The lowest BCUT2D eigenvalue weighted by atomic mass is 9.91. The standard InChI is InChI=1S/C23H32ClN3O4/c1-15(2)25-21(28)16-6-10-26(11-7-16)22(29)17-8-12-27(13-9-17)23(30)19-14-18(24)4-5-20(19)31-3/h4-5,14-17H,6-13H2,1-3H3,(H,25,28). The van der Waals surface area contributed by atoms with Crippen molar-refractivity contribution < 1.29 is 19.1 Å². The first-order valence-electron chi connectivity index (χ1n) is 11.0. The van der Waals surface area contributed by atoms with Gasteiger partial charge in [-0.15, -0.1) is 0 Å². The summed E-state index contributed by atoms with van der Waals surface area (Å²) in [7, 11) is 1.53. The Labute approximate surface area is 189 Å². The number of piperidine rings is 2. The third-order valence-corrected chi connectivity index (χ3v) is 6.37. The SMILES string of the molecule is COc1ccc(Cl)cc1C(=O)N1CCC(C(=O)N2CCC(C(=O)NC(C)C)CC2)CC1. The zero-order chi connectivity index (χ0) is 22.5. The molecule has 170 valence electrons. The zero-order valence-corrected chi connectivity index (χ0v) is 19.3. The van der Waals surface area contributed by atoms with Crippen molar-refractivity contribution in [2.45, 2.75) is 45.6 Å². The Morgan fingerprint density at radius 3 is 2.16 bits per heavy atom. The van der Waals surface area contributed by atoms with Gasteiger partial charge in [0.1, 0.15) is 5.75 Å². The predicted octanol–water partition coefficient (Wildman–Crippen LogP) is 2.96. The third kappa shape index (κ3) is 5.70. The molecule has 31 heavy (non-hydrogen) atoms. The van der Waals surface area contributed by atoms with Crippen LogP contribution in [-0.4, -0.2) is 66.9 Å². The molecule has 2 fully saturated rings. The van der Waals surface area contributed by atoms with Gasteiger partial charge in [-0.25, -0.2) is 0 Å². The number of carbonyl (C=O) groups is 3. The highest BCUT2D eigenvalue weighted by molar-refractivity contribution is 6.31. The van der Waals surface area contributed by atoms with Crippen molar-refractivity contribution in [3.63, 3.8) is 0 Å². The first-order chi connectivity index (χ1) is 14.8. The van der Waals surface area contributed by atoms with Crippen LogP contribution in [0.5, 0.6) is 5.75 Å². The van der Waals surface area contributed by atoms with Gasteiger partial charge in [0.2, 0.25) is 11.8 Å². The molecule has 2 aliphatic rings. The molecule has 1 aromatic rings. The summed E-state index contributed by atoms with van der Waals surface area (Å²) in [6.07, 6.45) is 2.69. The van der Waals surface area contributed by atoms with E-state index < -0.39 is 0 Å². The van der Waals surface area contributed by atoms with E-state index in [0.29, 0.717) is 68.2 Å². The Balaban J connectivity index is 1.51. The van der Waals surface area contributed by atoms with E-state index in [1.165, 1.54) is 7.11 Å². The van der Waals surface area contributed by atoms with Crippen molar-refractivity contribution in [2.24, 2.45) is 11.8 Å². The fourth-order valence-electron chi connectivity index (χ4n) is 4.37. The van der Waals surface area contributed by atoms with Crippen LogP contribution in [-0.2, 0) is 9.59 Å². The van der Waals surface area contributed by atoms with E-state index in [-0.39, 0.29) is 35.6 Å². The van der Waals surface area contributed by atoms with E-state index in [1.807, 2.05) is 18.7 Å². The number of benzene rings is 1. The molecule has 2 aliphatic heterocycles. The molecule has 1 aromatic carbocycles. The van der Waals surface area contributed by atoms with Crippen molar-refractivity contribution in [2.75, 3.05) is 33.3 Å². The number of halogens is 1. The van der Waals surface area contributed by atoms with Gasteiger partial charge in [0.05, 0.1) is 12.7 Å². The minimum Gasteiger partial charge on any atom is -0.496 e. The van der Waals surface area contributed by atoms with Gasteiger partial charge < -0.3 is 19.9 Å². The average Bonchev–Trinajstić information content (AvgIpc) is 2.78. The van der Waals surface area contributed by atoms with Gasteiger partial charge in [0, 0.05) is 49.1 Å². The lowest BCUT2D eigenvalue weighted by molar-refractivity contribution is -0.140. The maximum Gasteiger partial charge on any atom is 0.257 e. The molecule has 0 atom stereocenters. The van der Waals surface area contributed by atoms with E-state index in [4.69, 9.17) is 16.3 Å². The van der Waals surface area contributed by atoms with Crippen LogP contribution in [0.4, 0.5) is 0 Å². The molecule has 0 aliphatic carbocycles. The summed E-state index contributed by atoms with van der Waals surface area (Å²) in [5.74, 6) is 0.518. The summed E-state index contributed by atoms with van der Waals surface area (Å²) in [4.78, 5) is 41.8. The number of nitrogens with zero attached hydrogens (tertiary/aromatic N) is 2. The van der Waals surface area contributed by atoms with Crippen LogP contribution in [0.1, 0.15) is 49.9 Å². The summed E-state index contributed by atoms with van der Waals surface area (Å²) in [5, 5.41) is 3.45. The van der Waals surface area contributed by atoms with Crippen LogP contribution >= 0.6 is 11.6 Å². The largest absolute Gasteiger partial charge is 0.496 e. The number of rotatable bonds is 5. The van der Waals surface area contributed by atoms with Gasteiger partial charge in [0.25, 0.3) is 5.91 Å². The number of hydrogen-bond acceptors (Lipinski definition) is 4. The molecular formula is C23H32ClN3O4. The summed E-state index contributed by atoms with van der Waals surface area (Å²) >= 11 is 6.06. The normalized spacial score (nSPS) is 18.2. The van der Waals surface area contributed by atoms with Gasteiger partial charge in [-0.3, -0.25) is 14.4 Å². The van der Waals surface area contributed by atoms with E-state index in [1.54, 1.807) is 23.1 Å². The van der Waals surface area contributed by atoms with Crippen molar-refractivity contribution in [1.82, 2.24) is 15.1 Å². The highest BCUT2D eigenvalue weighted by Crippen LogP contribution is 2.28. The lowest BCUT2D eigenvalue weighted by Gasteiger charge is -2.37. The number of carbonyl (C=O) groups excluding carboxylic acids is 3. The predicted molar refractivity (Wildman–Crippen MR) is 119 cm³/mol. The van der Waals surface area contributed by atoms with Crippen LogP contribution in [0.15, 0.2) is 18.2 Å². The monoisotopic (exact) mass is 449 g/mol. The zero-order valence-electron chi connectivity index (χ0n) is 18.5. The van der Waals surface area contributed by atoms with Crippen LogP contribution in [0, 0.1) is 11.8 Å². The van der Waals surface area contributed by atoms with Gasteiger partial charge in [0.15, 0.2) is 0 Å². The molecule has 0 aromatic heterocycles. The Morgan fingerprint density at radius 2 is 1.58 bits per heavy atom. The molecule has 7 nitrogen and oxygen atoms in total. The van der Waals surface area contributed by atoms with Gasteiger partial charge in [-0.1, -0.05) is 11.6 Å². The summed E-state index contributed by atoms with van der Waals surface area (Å²) in [5.41, 5.74) is 0.446. The molecule has 3 rings (SSSR count). The Hall–Kier alpha value is -2.28. The fourth-order valence-corrected chi connectivity index (χ4v) is 4.54. The first kappa shape index (κ1) is 23.4. The highest BCUT2D eigenvalue weighted by atomic mass is 35.5. The lowest BCUT2D eigenvalue weighted by Crippen LogP contribution is -2.48. The molecule has 0 saturated carbocycles. The molecule has 0 unspecified atom stereocenters. The molecule has 1 N–H and O–H groups in total. The molecule has 0 bridgehead atoms. The number of amides is 3. The molecule has 2 saturated heterocycles. The van der Waals surface area contributed by atoms with Crippen LogP contribution in [0.25, 0.3) is 0 Å². The second-order valence-corrected chi connectivity index (χ2v) is 9.11. The molecule has 0 spiro atoms. The van der Waals surface area contributed by atoms with Crippen LogP contribution in [0.2, 0.25) is 5.02 Å². The number of hydrogen-bond donors (Lipinski definition) is 1. The van der Waals surface area contributed by atoms with Gasteiger partial charge in [-0.05, 0) is 57.7 Å². The fraction of sp³-hybridized carbons (Fsp3) is 0.609. The molecule has 3 amide bonds. The van der Waals surface area contributed by atoms with Crippen molar-refractivity contribution in [3.05, 3.63) is 28.8 Å². The quantitative estimate of drug-likeness (QED) is 0.749.